The van der Waals surface area contributed by atoms with Crippen LogP contribution in [-0.4, -0.2) is 56.5 Å². The third-order valence-corrected chi connectivity index (χ3v) is 5.19. The molecule has 9 heteroatoms. The molecule has 3 heterocycles. The Morgan fingerprint density at radius 3 is 2.43 bits per heavy atom. The summed E-state index contributed by atoms with van der Waals surface area (Å²) in [6, 6.07) is 11.5. The van der Waals surface area contributed by atoms with Gasteiger partial charge in [-0.05, 0) is 38.1 Å². The summed E-state index contributed by atoms with van der Waals surface area (Å²) in [6.07, 6.45) is 0. The van der Waals surface area contributed by atoms with E-state index < -0.39 is 0 Å². The monoisotopic (exact) mass is 410 g/mol. The van der Waals surface area contributed by atoms with E-state index in [2.05, 4.69) is 10.2 Å². The zero-order valence-corrected chi connectivity index (χ0v) is 17.0. The molecule has 0 radical (unpaired) electrons. The molecule has 1 saturated heterocycles. The van der Waals surface area contributed by atoms with Gasteiger partial charge in [0.25, 0.3) is 5.56 Å². The van der Waals surface area contributed by atoms with Crippen molar-refractivity contribution >= 4 is 11.6 Å². The van der Waals surface area contributed by atoms with Crippen LogP contribution in [0, 0.1) is 19.7 Å². The first kappa shape index (κ1) is 19.8. The maximum Gasteiger partial charge on any atom is 0.267 e. The van der Waals surface area contributed by atoms with Crippen LogP contribution in [0.15, 0.2) is 47.3 Å². The molecule has 0 N–H and O–H groups in total. The Labute approximate surface area is 173 Å². The van der Waals surface area contributed by atoms with Crippen LogP contribution >= 0.6 is 0 Å². The van der Waals surface area contributed by atoms with E-state index in [9.17, 15) is 14.0 Å². The number of amides is 1. The molecule has 30 heavy (non-hydrogen) atoms. The Hall–Kier alpha value is -3.49. The lowest BCUT2D eigenvalue weighted by atomic mass is 10.2. The minimum absolute atomic E-state index is 0.147. The first-order chi connectivity index (χ1) is 14.4. The minimum Gasteiger partial charge on any atom is -0.366 e. The predicted octanol–water partition coefficient (Wildman–Crippen LogP) is 1.53. The van der Waals surface area contributed by atoms with Crippen LogP contribution in [0.4, 0.5) is 10.1 Å². The number of halogens is 1. The normalized spacial score (nSPS) is 14.2. The maximum atomic E-state index is 14.0. The van der Waals surface area contributed by atoms with E-state index in [4.69, 9.17) is 0 Å². The topological polar surface area (TPSA) is 76.3 Å². The van der Waals surface area contributed by atoms with Gasteiger partial charge < -0.3 is 9.80 Å². The standard InChI is InChI=1S/C21H23FN6O2/c1-15-13-16(2)28(23-15)19-7-8-20(29)27(24-19)14-21(30)26-11-9-25(10-12-26)18-6-4-3-5-17(18)22/h3-8,13H,9-12,14H2,1-2H3. The zero-order chi connectivity index (χ0) is 21.3. The van der Waals surface area contributed by atoms with Crippen molar-refractivity contribution in [1.29, 1.82) is 0 Å². The minimum atomic E-state index is -0.348. The smallest absolute Gasteiger partial charge is 0.267 e. The molecular weight excluding hydrogens is 387 g/mol. The number of carbonyl (C=O) groups excluding carboxylic acids is 1. The van der Waals surface area contributed by atoms with Crippen LogP contribution in [0.1, 0.15) is 11.4 Å². The van der Waals surface area contributed by atoms with Crippen molar-refractivity contribution in [3.63, 3.8) is 0 Å². The number of carbonyl (C=O) groups is 1. The summed E-state index contributed by atoms with van der Waals surface area (Å²) in [4.78, 5) is 28.6. The molecule has 0 unspecified atom stereocenters. The summed E-state index contributed by atoms with van der Waals surface area (Å²) in [6.45, 7) is 5.60. The van der Waals surface area contributed by atoms with Gasteiger partial charge in [-0.2, -0.15) is 5.10 Å². The van der Waals surface area contributed by atoms with Crippen molar-refractivity contribution in [2.45, 2.75) is 20.4 Å². The number of hydrogen-bond acceptors (Lipinski definition) is 5. The highest BCUT2D eigenvalue weighted by molar-refractivity contribution is 5.76. The first-order valence-electron chi connectivity index (χ1n) is 9.81. The van der Waals surface area contributed by atoms with Gasteiger partial charge in [0.1, 0.15) is 12.4 Å². The van der Waals surface area contributed by atoms with E-state index in [1.54, 1.807) is 33.8 Å². The van der Waals surface area contributed by atoms with E-state index >= 15 is 0 Å². The van der Waals surface area contributed by atoms with E-state index in [1.807, 2.05) is 24.8 Å². The highest BCUT2D eigenvalue weighted by atomic mass is 19.1. The number of benzene rings is 1. The van der Waals surface area contributed by atoms with Crippen molar-refractivity contribution in [1.82, 2.24) is 24.5 Å². The molecule has 3 aromatic rings. The fraction of sp³-hybridized carbons (Fsp3) is 0.333. The van der Waals surface area contributed by atoms with Crippen molar-refractivity contribution in [3.8, 4) is 5.82 Å². The van der Waals surface area contributed by atoms with Gasteiger partial charge in [0.05, 0.1) is 11.4 Å². The average molecular weight is 410 g/mol. The van der Waals surface area contributed by atoms with Gasteiger partial charge in [-0.15, -0.1) is 5.10 Å². The molecule has 156 valence electrons. The summed E-state index contributed by atoms with van der Waals surface area (Å²) in [5, 5.41) is 8.69. The molecule has 1 aliphatic rings. The Bertz CT molecular complexity index is 1130. The number of nitrogens with zero attached hydrogens (tertiary/aromatic N) is 6. The van der Waals surface area contributed by atoms with Gasteiger partial charge in [0, 0.05) is 37.9 Å². The van der Waals surface area contributed by atoms with E-state index in [1.165, 1.54) is 12.1 Å². The van der Waals surface area contributed by atoms with E-state index in [-0.39, 0.29) is 23.8 Å². The van der Waals surface area contributed by atoms with Crippen LogP contribution in [0.3, 0.4) is 0 Å². The van der Waals surface area contributed by atoms with Gasteiger partial charge in [-0.25, -0.2) is 13.8 Å². The SMILES string of the molecule is Cc1cc(C)n(-c2ccc(=O)n(CC(=O)N3CCN(c4ccccc4F)CC3)n2)n1. The summed E-state index contributed by atoms with van der Waals surface area (Å²) in [7, 11) is 0. The van der Waals surface area contributed by atoms with Crippen LogP contribution in [-0.2, 0) is 11.3 Å². The molecular formula is C21H23FN6O2. The van der Waals surface area contributed by atoms with Gasteiger partial charge in [-0.3, -0.25) is 9.59 Å². The van der Waals surface area contributed by atoms with E-state index in [0.717, 1.165) is 16.1 Å². The molecule has 1 aromatic carbocycles. The summed E-state index contributed by atoms with van der Waals surface area (Å²) >= 11 is 0. The average Bonchev–Trinajstić information content (AvgIpc) is 3.08. The Morgan fingerprint density at radius 1 is 1.03 bits per heavy atom. The highest BCUT2D eigenvalue weighted by Crippen LogP contribution is 2.20. The second kappa shape index (κ2) is 8.10. The fourth-order valence-electron chi connectivity index (χ4n) is 3.66. The molecule has 1 amide bonds. The molecule has 0 spiro atoms. The number of para-hydroxylation sites is 1. The molecule has 0 saturated carbocycles. The van der Waals surface area contributed by atoms with Crippen LogP contribution in [0.25, 0.3) is 5.82 Å². The van der Waals surface area contributed by atoms with Crippen molar-refractivity contribution in [3.05, 3.63) is 70.0 Å². The van der Waals surface area contributed by atoms with Crippen LogP contribution in [0.5, 0.6) is 0 Å². The summed E-state index contributed by atoms with van der Waals surface area (Å²) in [5.41, 5.74) is 1.93. The Morgan fingerprint density at radius 2 is 1.77 bits per heavy atom. The molecule has 0 bridgehead atoms. The largest absolute Gasteiger partial charge is 0.366 e. The van der Waals surface area contributed by atoms with Crippen molar-refractivity contribution < 1.29 is 9.18 Å². The number of aryl methyl sites for hydroxylation is 2. The second-order valence-corrected chi connectivity index (χ2v) is 7.35. The van der Waals surface area contributed by atoms with Gasteiger partial charge in [0.15, 0.2) is 5.82 Å². The Kier molecular flexibility index (Phi) is 5.35. The molecule has 8 nitrogen and oxygen atoms in total. The molecule has 0 aliphatic carbocycles. The molecule has 1 fully saturated rings. The Balaban J connectivity index is 1.45. The van der Waals surface area contributed by atoms with Gasteiger partial charge in [0.2, 0.25) is 5.91 Å². The van der Waals surface area contributed by atoms with Gasteiger partial charge in [-0.1, -0.05) is 12.1 Å². The molecule has 4 rings (SSSR count). The third-order valence-electron chi connectivity index (χ3n) is 5.19. The molecule has 0 atom stereocenters. The van der Waals surface area contributed by atoms with Crippen molar-refractivity contribution in [2.75, 3.05) is 31.1 Å². The van der Waals surface area contributed by atoms with E-state index in [0.29, 0.717) is 37.7 Å². The third kappa shape index (κ3) is 3.96. The molecule has 2 aromatic heterocycles. The fourth-order valence-corrected chi connectivity index (χ4v) is 3.66. The zero-order valence-electron chi connectivity index (χ0n) is 17.0. The number of hydrogen-bond donors (Lipinski definition) is 0. The summed E-state index contributed by atoms with van der Waals surface area (Å²) < 4.78 is 16.8. The number of anilines is 1. The lowest BCUT2D eigenvalue weighted by molar-refractivity contribution is -0.132. The highest BCUT2D eigenvalue weighted by Gasteiger charge is 2.23. The maximum absolute atomic E-state index is 14.0. The number of rotatable bonds is 4. The quantitative estimate of drug-likeness (QED) is 0.652. The lowest BCUT2D eigenvalue weighted by Gasteiger charge is -2.36. The summed E-state index contributed by atoms with van der Waals surface area (Å²) in [5.74, 6) is 0.0228. The predicted molar refractivity (Wildman–Crippen MR) is 110 cm³/mol. The second-order valence-electron chi connectivity index (χ2n) is 7.35. The number of aromatic nitrogens is 4. The molecule has 1 aliphatic heterocycles. The lowest BCUT2D eigenvalue weighted by Crippen LogP contribution is -2.50. The van der Waals surface area contributed by atoms with Gasteiger partial charge >= 0.3 is 0 Å². The number of piperazine rings is 1. The van der Waals surface area contributed by atoms with Crippen molar-refractivity contribution in [2.24, 2.45) is 0 Å². The first-order valence-corrected chi connectivity index (χ1v) is 9.81. The van der Waals surface area contributed by atoms with Crippen LogP contribution < -0.4 is 10.5 Å². The van der Waals surface area contributed by atoms with Crippen LogP contribution in [0.2, 0.25) is 0 Å².